The third-order valence-corrected chi connectivity index (χ3v) is 4.24. The molecule has 0 saturated carbocycles. The molecular formula is C21H14FN3O5. The van der Waals surface area contributed by atoms with Crippen LogP contribution in [-0.4, -0.2) is 16.2 Å². The van der Waals surface area contributed by atoms with Gasteiger partial charge in [0, 0.05) is 24.4 Å². The third-order valence-electron chi connectivity index (χ3n) is 4.24. The molecule has 0 atom stereocenters. The van der Waals surface area contributed by atoms with E-state index >= 15 is 0 Å². The van der Waals surface area contributed by atoms with Gasteiger partial charge in [-0.3, -0.25) is 14.3 Å². The zero-order valence-corrected chi connectivity index (χ0v) is 15.4. The van der Waals surface area contributed by atoms with Gasteiger partial charge in [0.1, 0.15) is 29.8 Å². The molecular weight excluding hydrogens is 393 g/mol. The van der Waals surface area contributed by atoms with Crippen molar-refractivity contribution >= 4 is 11.0 Å². The lowest BCUT2D eigenvalue weighted by Gasteiger charge is -2.13. The van der Waals surface area contributed by atoms with Crippen molar-refractivity contribution in [1.29, 1.82) is 5.26 Å². The summed E-state index contributed by atoms with van der Waals surface area (Å²) in [6.07, 6.45) is 1.35. The summed E-state index contributed by atoms with van der Waals surface area (Å²) in [6, 6.07) is 13.6. The van der Waals surface area contributed by atoms with Crippen LogP contribution in [0.4, 0.5) is 4.39 Å². The number of nitriles is 1. The highest BCUT2D eigenvalue weighted by Crippen LogP contribution is 2.36. The van der Waals surface area contributed by atoms with Gasteiger partial charge >= 0.3 is 5.69 Å². The molecule has 0 radical (unpaired) electrons. The molecule has 4 rings (SSSR count). The maximum absolute atomic E-state index is 13.8. The predicted molar refractivity (Wildman–Crippen MR) is 104 cm³/mol. The number of aromatic amines is 1. The number of nitrogens with one attached hydrogen (secondary N) is 1. The molecule has 0 aliphatic rings. The molecule has 2 aromatic heterocycles. The molecule has 30 heavy (non-hydrogen) atoms. The summed E-state index contributed by atoms with van der Waals surface area (Å²) in [6.45, 7) is 0.161. The van der Waals surface area contributed by atoms with Gasteiger partial charge in [0.15, 0.2) is 11.5 Å². The van der Waals surface area contributed by atoms with E-state index in [-0.39, 0.29) is 30.4 Å². The normalized spacial score (nSPS) is 10.7. The van der Waals surface area contributed by atoms with Gasteiger partial charge < -0.3 is 13.9 Å². The largest absolute Gasteiger partial charge is 0.488 e. The molecule has 0 bridgehead atoms. The minimum absolute atomic E-state index is 0.0280. The van der Waals surface area contributed by atoms with E-state index in [0.717, 1.165) is 0 Å². The van der Waals surface area contributed by atoms with E-state index in [2.05, 4.69) is 4.98 Å². The van der Waals surface area contributed by atoms with Crippen LogP contribution in [0.2, 0.25) is 0 Å². The van der Waals surface area contributed by atoms with E-state index in [1.165, 1.54) is 35.0 Å². The van der Waals surface area contributed by atoms with Gasteiger partial charge in [-0.15, -0.1) is 0 Å². The highest BCUT2D eigenvalue weighted by atomic mass is 19.1. The number of fused-ring (bicyclic) bond motifs is 1. The van der Waals surface area contributed by atoms with Crippen LogP contribution >= 0.6 is 0 Å². The molecule has 2 aromatic carbocycles. The van der Waals surface area contributed by atoms with Gasteiger partial charge in [0.2, 0.25) is 5.76 Å². The monoisotopic (exact) mass is 407 g/mol. The van der Waals surface area contributed by atoms with Gasteiger partial charge in [-0.05, 0) is 24.3 Å². The molecule has 1 N–H and O–H groups in total. The Morgan fingerprint density at radius 1 is 1.10 bits per heavy atom. The van der Waals surface area contributed by atoms with Crippen LogP contribution < -0.4 is 20.7 Å². The number of H-pyrrole nitrogens is 1. The topological polar surface area (TPSA) is 110 Å². The summed E-state index contributed by atoms with van der Waals surface area (Å²) in [5.74, 6) is 0.409. The van der Waals surface area contributed by atoms with E-state index in [0.29, 0.717) is 16.7 Å². The Balaban J connectivity index is 1.57. The van der Waals surface area contributed by atoms with Crippen molar-refractivity contribution in [3.05, 3.63) is 87.1 Å². The average molecular weight is 407 g/mol. The number of hydrogen-bond acceptors (Lipinski definition) is 6. The molecule has 4 aromatic rings. The minimum Gasteiger partial charge on any atom is -0.488 e. The van der Waals surface area contributed by atoms with Gasteiger partial charge in [-0.2, -0.15) is 5.26 Å². The lowest BCUT2D eigenvalue weighted by atomic mass is 10.2. The zero-order chi connectivity index (χ0) is 21.1. The number of halogens is 1. The summed E-state index contributed by atoms with van der Waals surface area (Å²) in [4.78, 5) is 25.0. The molecule has 0 saturated heterocycles. The highest BCUT2D eigenvalue weighted by Gasteiger charge is 2.13. The Morgan fingerprint density at radius 3 is 2.77 bits per heavy atom. The Labute approximate surface area is 168 Å². The molecule has 0 amide bonds. The standard InChI is InChI=1S/C21H14FN3O5/c22-13-4-5-18(30-17-3-1-2-16-15(17)11-14(12-23)29-16)19(10-13)28-9-8-25-7-6-20(26)24-21(25)27/h1-7,10-11H,8-9H2,(H,24,26,27). The SMILES string of the molecule is N#Cc1cc2c(Oc3ccc(F)cc3OCCn3ccc(=O)[nH]c3=O)cccc2o1. The van der Waals surface area contributed by atoms with Crippen LogP contribution in [0.15, 0.2) is 68.7 Å². The first-order chi connectivity index (χ1) is 14.5. The number of hydrogen-bond donors (Lipinski definition) is 1. The van der Waals surface area contributed by atoms with Gasteiger partial charge in [-0.25, -0.2) is 9.18 Å². The number of benzene rings is 2. The van der Waals surface area contributed by atoms with Crippen LogP contribution in [0.25, 0.3) is 11.0 Å². The smallest absolute Gasteiger partial charge is 0.328 e. The van der Waals surface area contributed by atoms with Crippen molar-refractivity contribution < 1.29 is 18.3 Å². The Hall–Kier alpha value is -4.32. The van der Waals surface area contributed by atoms with Crippen LogP contribution in [-0.2, 0) is 6.54 Å². The molecule has 150 valence electrons. The summed E-state index contributed by atoms with van der Waals surface area (Å²) in [5.41, 5.74) is -0.584. The van der Waals surface area contributed by atoms with Crippen LogP contribution in [0.5, 0.6) is 17.2 Å². The summed E-state index contributed by atoms with van der Waals surface area (Å²) in [7, 11) is 0. The van der Waals surface area contributed by atoms with Crippen molar-refractivity contribution in [3.8, 4) is 23.3 Å². The minimum atomic E-state index is -0.568. The first-order valence-electron chi connectivity index (χ1n) is 8.86. The number of furan rings is 1. The van der Waals surface area contributed by atoms with Crippen molar-refractivity contribution in [2.45, 2.75) is 6.54 Å². The molecule has 9 heteroatoms. The second-order valence-electron chi connectivity index (χ2n) is 6.24. The molecule has 0 spiro atoms. The highest BCUT2D eigenvalue weighted by molar-refractivity contribution is 5.85. The zero-order valence-electron chi connectivity index (χ0n) is 15.4. The van der Waals surface area contributed by atoms with Crippen molar-refractivity contribution in [3.63, 3.8) is 0 Å². The second kappa shape index (κ2) is 7.97. The van der Waals surface area contributed by atoms with E-state index < -0.39 is 17.1 Å². The number of rotatable bonds is 6. The maximum Gasteiger partial charge on any atom is 0.328 e. The van der Waals surface area contributed by atoms with Crippen molar-refractivity contribution in [2.24, 2.45) is 0 Å². The molecule has 0 aliphatic heterocycles. The quantitative estimate of drug-likeness (QED) is 0.526. The summed E-state index contributed by atoms with van der Waals surface area (Å²) in [5, 5.41) is 9.62. The lowest BCUT2D eigenvalue weighted by molar-refractivity contribution is 0.282. The first-order valence-corrected chi connectivity index (χ1v) is 8.86. The summed E-state index contributed by atoms with van der Waals surface area (Å²) < 4.78 is 31.9. The predicted octanol–water partition coefficient (Wildman–Crippen LogP) is 3.16. The maximum atomic E-state index is 13.8. The molecule has 8 nitrogen and oxygen atoms in total. The Bertz CT molecular complexity index is 1380. The average Bonchev–Trinajstić information content (AvgIpc) is 3.16. The fourth-order valence-corrected chi connectivity index (χ4v) is 2.85. The molecule has 2 heterocycles. The van der Waals surface area contributed by atoms with Crippen molar-refractivity contribution in [1.82, 2.24) is 9.55 Å². The first kappa shape index (κ1) is 19.0. The van der Waals surface area contributed by atoms with Crippen LogP contribution in [0.1, 0.15) is 5.76 Å². The van der Waals surface area contributed by atoms with Gasteiger partial charge in [-0.1, -0.05) is 6.07 Å². The lowest BCUT2D eigenvalue weighted by Crippen LogP contribution is -2.30. The van der Waals surface area contributed by atoms with Crippen LogP contribution in [0, 0.1) is 17.1 Å². The number of ether oxygens (including phenoxy) is 2. The van der Waals surface area contributed by atoms with E-state index in [1.54, 1.807) is 24.3 Å². The van der Waals surface area contributed by atoms with Gasteiger partial charge in [0.25, 0.3) is 5.56 Å². The van der Waals surface area contributed by atoms with Crippen molar-refractivity contribution in [2.75, 3.05) is 6.61 Å². The molecule has 0 unspecified atom stereocenters. The van der Waals surface area contributed by atoms with E-state index in [4.69, 9.17) is 19.2 Å². The third kappa shape index (κ3) is 3.93. The van der Waals surface area contributed by atoms with Gasteiger partial charge in [0.05, 0.1) is 11.9 Å². The van der Waals surface area contributed by atoms with E-state index in [9.17, 15) is 14.0 Å². The van der Waals surface area contributed by atoms with Crippen LogP contribution in [0.3, 0.4) is 0 Å². The number of aromatic nitrogens is 2. The van der Waals surface area contributed by atoms with E-state index in [1.807, 2.05) is 6.07 Å². The Kier molecular flexibility index (Phi) is 5.05. The number of nitrogens with zero attached hydrogens (tertiary/aromatic N) is 2. The fraction of sp³-hybridized carbons (Fsp3) is 0.0952. The molecule has 0 fully saturated rings. The Morgan fingerprint density at radius 2 is 1.97 bits per heavy atom. The molecule has 0 aliphatic carbocycles. The second-order valence-corrected chi connectivity index (χ2v) is 6.24. The summed E-state index contributed by atoms with van der Waals surface area (Å²) >= 11 is 0. The fourth-order valence-electron chi connectivity index (χ4n) is 2.85.